The highest BCUT2D eigenvalue weighted by molar-refractivity contribution is 5.41. The number of hydrogen-bond donors (Lipinski definition) is 1. The number of rotatable bonds is 4. The van der Waals surface area contributed by atoms with Gasteiger partial charge in [-0.05, 0) is 61.9 Å². The molecule has 1 aliphatic carbocycles. The topological polar surface area (TPSA) is 59.0 Å². The van der Waals surface area contributed by atoms with Gasteiger partial charge in [0.25, 0.3) is 0 Å². The van der Waals surface area contributed by atoms with Crippen LogP contribution in [0.4, 0.5) is 0 Å². The fourth-order valence-electron chi connectivity index (χ4n) is 2.70. The molecule has 1 saturated carbocycles. The lowest BCUT2D eigenvalue weighted by atomic mass is 9.97. The highest BCUT2D eigenvalue weighted by Crippen LogP contribution is 2.31. The molecule has 0 radical (unpaired) electrons. The molecule has 3 heteroatoms. The fourth-order valence-corrected chi connectivity index (χ4v) is 2.70. The van der Waals surface area contributed by atoms with Crippen molar-refractivity contribution in [3.63, 3.8) is 0 Å². The summed E-state index contributed by atoms with van der Waals surface area (Å²) in [4.78, 5) is 0. The number of nitrogens with zero attached hydrogens (tertiary/aromatic N) is 1. The zero-order valence-corrected chi connectivity index (χ0v) is 10.9. The minimum absolute atomic E-state index is 0.589. The first-order valence-electron chi connectivity index (χ1n) is 6.58. The molecule has 0 spiro atoms. The van der Waals surface area contributed by atoms with E-state index in [-0.39, 0.29) is 0 Å². The Hall–Kier alpha value is -1.53. The van der Waals surface area contributed by atoms with E-state index in [0.29, 0.717) is 17.4 Å². The summed E-state index contributed by atoms with van der Waals surface area (Å²) in [5.74, 6) is 2.06. The molecule has 0 saturated heterocycles. The van der Waals surface area contributed by atoms with E-state index < -0.39 is 0 Å². The molecule has 2 rings (SSSR count). The molecule has 18 heavy (non-hydrogen) atoms. The van der Waals surface area contributed by atoms with Crippen molar-refractivity contribution in [1.29, 1.82) is 5.26 Å². The summed E-state index contributed by atoms with van der Waals surface area (Å²) in [6, 6.07) is 7.79. The summed E-state index contributed by atoms with van der Waals surface area (Å²) < 4.78 is 5.84. The Bertz CT molecular complexity index is 450. The number of hydrogen-bond acceptors (Lipinski definition) is 3. The van der Waals surface area contributed by atoms with E-state index in [1.807, 2.05) is 25.1 Å². The molecule has 0 amide bonds. The third-order valence-electron chi connectivity index (χ3n) is 3.90. The Balaban J connectivity index is 1.94. The lowest BCUT2D eigenvalue weighted by Gasteiger charge is -2.18. The second-order valence-electron chi connectivity index (χ2n) is 5.09. The average Bonchev–Trinajstić information content (AvgIpc) is 2.84. The lowest BCUT2D eigenvalue weighted by Crippen LogP contribution is -2.23. The van der Waals surface area contributed by atoms with Crippen molar-refractivity contribution in [2.75, 3.05) is 13.2 Å². The summed E-state index contributed by atoms with van der Waals surface area (Å²) in [5, 5.41) is 8.87. The highest BCUT2D eigenvalue weighted by Gasteiger charge is 2.26. The zero-order chi connectivity index (χ0) is 13.0. The number of nitriles is 1. The minimum Gasteiger partial charge on any atom is -0.493 e. The zero-order valence-electron chi connectivity index (χ0n) is 10.9. The molecule has 1 aliphatic rings. The normalized spacial score (nSPS) is 22.7. The van der Waals surface area contributed by atoms with Gasteiger partial charge in [0.15, 0.2) is 0 Å². The van der Waals surface area contributed by atoms with Crippen molar-refractivity contribution in [2.24, 2.45) is 17.6 Å². The van der Waals surface area contributed by atoms with Gasteiger partial charge in [-0.1, -0.05) is 6.42 Å². The molecule has 1 fully saturated rings. The van der Waals surface area contributed by atoms with Crippen molar-refractivity contribution in [3.8, 4) is 11.8 Å². The van der Waals surface area contributed by atoms with Gasteiger partial charge < -0.3 is 10.5 Å². The third kappa shape index (κ3) is 2.83. The van der Waals surface area contributed by atoms with E-state index >= 15 is 0 Å². The van der Waals surface area contributed by atoms with Gasteiger partial charge in [0.05, 0.1) is 18.2 Å². The van der Waals surface area contributed by atoms with Gasteiger partial charge in [-0.15, -0.1) is 0 Å². The maximum atomic E-state index is 8.87. The van der Waals surface area contributed by atoms with Crippen LogP contribution in [0.2, 0.25) is 0 Å². The fraction of sp³-hybridized carbons (Fsp3) is 0.533. The average molecular weight is 244 g/mol. The van der Waals surface area contributed by atoms with Gasteiger partial charge >= 0.3 is 0 Å². The maximum absolute atomic E-state index is 8.87. The number of ether oxygens (including phenoxy) is 1. The smallest absolute Gasteiger partial charge is 0.119 e. The van der Waals surface area contributed by atoms with Crippen molar-refractivity contribution in [1.82, 2.24) is 0 Å². The standard InChI is InChI=1S/C15H20N2O/c1-11-7-15(6-5-12(11)8-16)18-10-14-4-2-3-13(14)9-17/h5-7,13-14H,2-4,9-10,17H2,1H3. The van der Waals surface area contributed by atoms with Crippen molar-refractivity contribution >= 4 is 0 Å². The van der Waals surface area contributed by atoms with Crippen LogP contribution in [0.1, 0.15) is 30.4 Å². The number of benzene rings is 1. The van der Waals surface area contributed by atoms with E-state index in [0.717, 1.165) is 24.5 Å². The first kappa shape index (κ1) is 12.9. The lowest BCUT2D eigenvalue weighted by molar-refractivity contribution is 0.217. The van der Waals surface area contributed by atoms with Gasteiger partial charge in [-0.25, -0.2) is 0 Å². The highest BCUT2D eigenvalue weighted by atomic mass is 16.5. The Kier molecular flexibility index (Phi) is 4.22. The molecular weight excluding hydrogens is 224 g/mol. The Labute approximate surface area is 109 Å². The molecule has 96 valence electrons. The Morgan fingerprint density at radius 2 is 2.17 bits per heavy atom. The van der Waals surface area contributed by atoms with Crippen LogP contribution in [0.5, 0.6) is 5.75 Å². The molecule has 3 nitrogen and oxygen atoms in total. The van der Waals surface area contributed by atoms with Crippen LogP contribution in [-0.4, -0.2) is 13.2 Å². The van der Waals surface area contributed by atoms with Crippen LogP contribution in [0.15, 0.2) is 18.2 Å². The molecule has 0 aliphatic heterocycles. The van der Waals surface area contributed by atoms with Gasteiger partial charge in [-0.3, -0.25) is 0 Å². The SMILES string of the molecule is Cc1cc(OCC2CCCC2CN)ccc1C#N. The number of aryl methyl sites for hydroxylation is 1. The van der Waals surface area contributed by atoms with E-state index in [2.05, 4.69) is 6.07 Å². The van der Waals surface area contributed by atoms with Crippen molar-refractivity contribution < 1.29 is 4.74 Å². The molecule has 0 heterocycles. The van der Waals surface area contributed by atoms with Gasteiger partial charge in [0.2, 0.25) is 0 Å². The Morgan fingerprint density at radius 1 is 1.39 bits per heavy atom. The number of nitrogens with two attached hydrogens (primary N) is 1. The largest absolute Gasteiger partial charge is 0.493 e. The molecule has 2 unspecified atom stereocenters. The molecule has 0 aromatic heterocycles. The Morgan fingerprint density at radius 3 is 2.83 bits per heavy atom. The van der Waals surface area contributed by atoms with Gasteiger partial charge in [0, 0.05) is 0 Å². The van der Waals surface area contributed by atoms with Crippen molar-refractivity contribution in [3.05, 3.63) is 29.3 Å². The monoisotopic (exact) mass is 244 g/mol. The quantitative estimate of drug-likeness (QED) is 0.885. The van der Waals surface area contributed by atoms with Crippen LogP contribution < -0.4 is 10.5 Å². The predicted molar refractivity (Wildman–Crippen MR) is 71.3 cm³/mol. The molecule has 1 aromatic rings. The summed E-state index contributed by atoms with van der Waals surface area (Å²) >= 11 is 0. The third-order valence-corrected chi connectivity index (χ3v) is 3.90. The van der Waals surface area contributed by atoms with Crippen molar-refractivity contribution in [2.45, 2.75) is 26.2 Å². The molecule has 1 aromatic carbocycles. The molecule has 2 atom stereocenters. The van der Waals surface area contributed by atoms with Crippen LogP contribution >= 0.6 is 0 Å². The molecular formula is C15H20N2O. The van der Waals surface area contributed by atoms with E-state index in [1.54, 1.807) is 0 Å². The van der Waals surface area contributed by atoms with Gasteiger partial charge in [0.1, 0.15) is 5.75 Å². The molecule has 0 bridgehead atoms. The van der Waals surface area contributed by atoms with Crippen LogP contribution in [-0.2, 0) is 0 Å². The molecule has 2 N–H and O–H groups in total. The van der Waals surface area contributed by atoms with E-state index in [9.17, 15) is 0 Å². The van der Waals surface area contributed by atoms with Gasteiger partial charge in [-0.2, -0.15) is 5.26 Å². The van der Waals surface area contributed by atoms with Crippen LogP contribution in [0.3, 0.4) is 0 Å². The summed E-state index contributed by atoms with van der Waals surface area (Å²) in [6.45, 7) is 3.44. The first-order valence-corrected chi connectivity index (χ1v) is 6.58. The van der Waals surface area contributed by atoms with E-state index in [4.69, 9.17) is 15.7 Å². The predicted octanol–water partition coefficient (Wildman–Crippen LogP) is 2.62. The van der Waals surface area contributed by atoms with E-state index in [1.165, 1.54) is 19.3 Å². The minimum atomic E-state index is 0.589. The summed E-state index contributed by atoms with van der Waals surface area (Å²) in [5.41, 5.74) is 7.44. The first-order chi connectivity index (χ1) is 8.74. The second-order valence-corrected chi connectivity index (χ2v) is 5.09. The van der Waals surface area contributed by atoms with Crippen LogP contribution in [0.25, 0.3) is 0 Å². The second kappa shape index (κ2) is 5.88. The summed E-state index contributed by atoms with van der Waals surface area (Å²) in [7, 11) is 0. The van der Waals surface area contributed by atoms with Crippen LogP contribution in [0, 0.1) is 30.1 Å². The summed E-state index contributed by atoms with van der Waals surface area (Å²) in [6.07, 6.45) is 3.72. The maximum Gasteiger partial charge on any atom is 0.119 e.